The molecule has 3 N–H and O–H groups in total. The third-order valence-corrected chi connectivity index (χ3v) is 7.96. The standard InChI is InChI=1S/C34H33FN6/c1-4-22(15-27(5-2)38-21(3)23-9-7-6-8-10-23)25-16-29-33(40-41-34(29)37-18-25)31-17-28-30(19-36-20-32(28)39-31)24-11-13-26(35)14-12-24/h4-5,11-20,23,38-39H,2-3,6-10H2,1H3,(H,37,40,41)/b22-4+,27-15+. The Balaban J connectivity index is 1.33. The lowest BCUT2D eigenvalue weighted by Crippen LogP contribution is -2.20. The van der Waals surface area contributed by atoms with E-state index in [9.17, 15) is 4.39 Å². The van der Waals surface area contributed by atoms with E-state index in [2.05, 4.69) is 67.9 Å². The van der Waals surface area contributed by atoms with E-state index < -0.39 is 0 Å². The lowest BCUT2D eigenvalue weighted by atomic mass is 9.87. The molecule has 0 saturated heterocycles. The first-order valence-corrected chi connectivity index (χ1v) is 14.1. The number of allylic oxidation sites excluding steroid dienone is 5. The maximum atomic E-state index is 13.5. The first-order valence-electron chi connectivity index (χ1n) is 14.1. The normalized spacial score (nSPS) is 15.0. The molecule has 1 aliphatic rings. The number of aromatic amines is 2. The minimum Gasteiger partial charge on any atom is -0.359 e. The fraction of sp³-hybridized carbons (Fsp3) is 0.206. The number of H-pyrrole nitrogens is 2. The molecule has 7 heteroatoms. The summed E-state index contributed by atoms with van der Waals surface area (Å²) in [6.07, 6.45) is 17.6. The van der Waals surface area contributed by atoms with Gasteiger partial charge in [0.2, 0.25) is 0 Å². The van der Waals surface area contributed by atoms with Crippen LogP contribution in [-0.2, 0) is 0 Å². The molecule has 0 aliphatic heterocycles. The van der Waals surface area contributed by atoms with Gasteiger partial charge in [-0.1, -0.05) is 50.6 Å². The second-order valence-electron chi connectivity index (χ2n) is 10.6. The number of pyridine rings is 2. The summed E-state index contributed by atoms with van der Waals surface area (Å²) in [4.78, 5) is 12.5. The van der Waals surface area contributed by atoms with Crippen LogP contribution in [0.1, 0.15) is 44.6 Å². The van der Waals surface area contributed by atoms with Gasteiger partial charge in [-0.05, 0) is 73.2 Å². The first kappa shape index (κ1) is 26.4. The Morgan fingerprint density at radius 1 is 1.05 bits per heavy atom. The average molecular weight is 545 g/mol. The molecule has 0 unspecified atom stereocenters. The quantitative estimate of drug-likeness (QED) is 0.171. The summed E-state index contributed by atoms with van der Waals surface area (Å²) in [6, 6.07) is 10.6. The van der Waals surface area contributed by atoms with Crippen molar-refractivity contribution in [2.24, 2.45) is 5.92 Å². The summed E-state index contributed by atoms with van der Waals surface area (Å²) < 4.78 is 13.5. The molecule has 1 saturated carbocycles. The van der Waals surface area contributed by atoms with Crippen molar-refractivity contribution in [3.05, 3.63) is 109 Å². The summed E-state index contributed by atoms with van der Waals surface area (Å²) >= 11 is 0. The Morgan fingerprint density at radius 2 is 1.85 bits per heavy atom. The molecule has 5 aromatic rings. The lowest BCUT2D eigenvalue weighted by molar-refractivity contribution is 0.393. The molecule has 1 fully saturated rings. The lowest BCUT2D eigenvalue weighted by Gasteiger charge is -2.25. The Bertz CT molecular complexity index is 1800. The molecule has 206 valence electrons. The fourth-order valence-electron chi connectivity index (χ4n) is 5.69. The van der Waals surface area contributed by atoms with Crippen molar-refractivity contribution in [2.75, 3.05) is 0 Å². The molecule has 0 spiro atoms. The maximum absolute atomic E-state index is 13.5. The van der Waals surface area contributed by atoms with Gasteiger partial charge in [-0.25, -0.2) is 9.37 Å². The van der Waals surface area contributed by atoms with Crippen molar-refractivity contribution in [3.8, 4) is 22.5 Å². The summed E-state index contributed by atoms with van der Waals surface area (Å²) in [6.45, 7) is 10.4. The zero-order valence-corrected chi connectivity index (χ0v) is 23.2. The van der Waals surface area contributed by atoms with Crippen LogP contribution in [0.3, 0.4) is 0 Å². The number of aromatic nitrogens is 5. The third-order valence-electron chi connectivity index (χ3n) is 7.96. The largest absolute Gasteiger partial charge is 0.359 e. The van der Waals surface area contributed by atoms with Crippen LogP contribution in [0.15, 0.2) is 97.8 Å². The van der Waals surface area contributed by atoms with Gasteiger partial charge in [0.1, 0.15) is 5.82 Å². The molecular formula is C34H33FN6. The van der Waals surface area contributed by atoms with Crippen LogP contribution in [0.2, 0.25) is 0 Å². The number of hydrogen-bond donors (Lipinski definition) is 3. The molecular weight excluding hydrogens is 511 g/mol. The van der Waals surface area contributed by atoms with E-state index in [4.69, 9.17) is 0 Å². The van der Waals surface area contributed by atoms with Crippen LogP contribution in [-0.4, -0.2) is 25.1 Å². The Labute approximate surface area is 238 Å². The van der Waals surface area contributed by atoms with Gasteiger partial charge in [0.05, 0.1) is 23.1 Å². The fourth-order valence-corrected chi connectivity index (χ4v) is 5.69. The molecule has 4 heterocycles. The van der Waals surface area contributed by atoms with Gasteiger partial charge in [-0.2, -0.15) is 5.10 Å². The molecule has 41 heavy (non-hydrogen) atoms. The van der Waals surface area contributed by atoms with E-state index in [1.165, 1.54) is 44.2 Å². The van der Waals surface area contributed by atoms with Crippen molar-refractivity contribution in [1.82, 2.24) is 30.5 Å². The zero-order valence-electron chi connectivity index (χ0n) is 23.2. The summed E-state index contributed by atoms with van der Waals surface area (Å²) in [5.41, 5.74) is 9.00. The van der Waals surface area contributed by atoms with Crippen molar-refractivity contribution < 1.29 is 4.39 Å². The number of halogens is 1. The van der Waals surface area contributed by atoms with Crippen LogP contribution in [0.4, 0.5) is 4.39 Å². The van der Waals surface area contributed by atoms with Crippen molar-refractivity contribution >= 4 is 27.5 Å². The molecule has 0 radical (unpaired) electrons. The van der Waals surface area contributed by atoms with Gasteiger partial charge < -0.3 is 10.3 Å². The minimum absolute atomic E-state index is 0.267. The van der Waals surface area contributed by atoms with Crippen LogP contribution in [0, 0.1) is 11.7 Å². The smallest absolute Gasteiger partial charge is 0.181 e. The SMILES string of the molecule is C=C/C(=C\C(=C/C)c1cnc2n[nH]c(-c3cc4c(-c5ccc(F)cc5)cncc4[nH]3)c2c1)NC(=C)C1CCCCC1. The second-order valence-corrected chi connectivity index (χ2v) is 10.6. The molecule has 0 atom stereocenters. The monoisotopic (exact) mass is 544 g/mol. The summed E-state index contributed by atoms with van der Waals surface area (Å²) in [5.74, 6) is 0.235. The van der Waals surface area contributed by atoms with Crippen molar-refractivity contribution in [1.29, 1.82) is 0 Å². The molecule has 0 bridgehead atoms. The van der Waals surface area contributed by atoms with E-state index in [1.807, 2.05) is 19.2 Å². The van der Waals surface area contributed by atoms with Gasteiger partial charge in [-0.15, -0.1) is 0 Å². The number of rotatable bonds is 8. The van der Waals surface area contributed by atoms with Gasteiger partial charge in [0.25, 0.3) is 0 Å². The Hall–Kier alpha value is -4.78. The highest BCUT2D eigenvalue weighted by Gasteiger charge is 2.18. The molecule has 0 amide bonds. The van der Waals surface area contributed by atoms with Crippen LogP contribution in [0.5, 0.6) is 0 Å². The van der Waals surface area contributed by atoms with Crippen LogP contribution < -0.4 is 5.32 Å². The zero-order chi connectivity index (χ0) is 28.3. The molecule has 1 aromatic carbocycles. The van der Waals surface area contributed by atoms with Gasteiger partial charge >= 0.3 is 0 Å². The van der Waals surface area contributed by atoms with E-state index in [-0.39, 0.29) is 5.82 Å². The molecule has 1 aliphatic carbocycles. The number of nitrogens with zero attached hydrogens (tertiary/aromatic N) is 3. The Morgan fingerprint density at radius 3 is 2.61 bits per heavy atom. The van der Waals surface area contributed by atoms with Crippen LogP contribution >= 0.6 is 0 Å². The van der Waals surface area contributed by atoms with Gasteiger partial charge in [-0.3, -0.25) is 10.1 Å². The number of benzene rings is 1. The van der Waals surface area contributed by atoms with E-state index in [1.54, 1.807) is 24.5 Å². The summed E-state index contributed by atoms with van der Waals surface area (Å²) in [7, 11) is 0. The van der Waals surface area contributed by atoms with Gasteiger partial charge in [0.15, 0.2) is 5.65 Å². The highest BCUT2D eigenvalue weighted by Crippen LogP contribution is 2.34. The maximum Gasteiger partial charge on any atom is 0.181 e. The van der Waals surface area contributed by atoms with Crippen LogP contribution in [0.25, 0.3) is 50.0 Å². The third kappa shape index (κ3) is 5.35. The van der Waals surface area contributed by atoms with Crippen molar-refractivity contribution in [2.45, 2.75) is 39.0 Å². The predicted molar refractivity (Wildman–Crippen MR) is 165 cm³/mol. The number of hydrogen-bond acceptors (Lipinski definition) is 4. The second kappa shape index (κ2) is 11.4. The Kier molecular flexibility index (Phi) is 7.33. The summed E-state index contributed by atoms with van der Waals surface area (Å²) in [5, 5.41) is 13.0. The number of fused-ring (bicyclic) bond motifs is 2. The topological polar surface area (TPSA) is 82.3 Å². The van der Waals surface area contributed by atoms with E-state index in [0.29, 0.717) is 11.6 Å². The average Bonchev–Trinajstić information content (AvgIpc) is 3.64. The van der Waals surface area contributed by atoms with Gasteiger partial charge in [0, 0.05) is 45.7 Å². The molecule has 6 nitrogen and oxygen atoms in total. The predicted octanol–water partition coefficient (Wildman–Crippen LogP) is 8.46. The molecule has 6 rings (SSSR count). The highest BCUT2D eigenvalue weighted by atomic mass is 19.1. The minimum atomic E-state index is -0.267. The highest BCUT2D eigenvalue weighted by molar-refractivity contribution is 6.00. The van der Waals surface area contributed by atoms with E-state index in [0.717, 1.165) is 61.3 Å². The van der Waals surface area contributed by atoms with E-state index >= 15 is 0 Å². The number of nitrogens with one attached hydrogen (secondary N) is 3. The first-order chi connectivity index (χ1) is 20.0. The van der Waals surface area contributed by atoms with Crippen molar-refractivity contribution in [3.63, 3.8) is 0 Å². The molecule has 4 aromatic heterocycles.